The van der Waals surface area contributed by atoms with Crippen molar-refractivity contribution in [2.75, 3.05) is 6.79 Å². The molecule has 0 saturated carbocycles. The summed E-state index contributed by atoms with van der Waals surface area (Å²) in [7, 11) is 0. The van der Waals surface area contributed by atoms with Crippen LogP contribution in [0.3, 0.4) is 0 Å². The normalized spacial score (nSPS) is 18.0. The third-order valence-corrected chi connectivity index (χ3v) is 7.20. The van der Waals surface area contributed by atoms with Crippen LogP contribution in [0.15, 0.2) is 69.8 Å². The van der Waals surface area contributed by atoms with Gasteiger partial charge in [-0.25, -0.2) is 9.79 Å². The number of amides is 1. The molecule has 0 bridgehead atoms. The molecule has 5 rings (SSSR count). The Morgan fingerprint density at radius 3 is 2.73 bits per heavy atom. The van der Waals surface area contributed by atoms with Crippen molar-refractivity contribution in [1.82, 2.24) is 10.2 Å². The van der Waals surface area contributed by atoms with Crippen LogP contribution < -0.4 is 14.8 Å². The maximum Gasteiger partial charge on any atom is 0.338 e. The molecule has 3 heterocycles. The molecule has 1 atom stereocenters. The van der Waals surface area contributed by atoms with Crippen LogP contribution in [0.25, 0.3) is 0 Å². The van der Waals surface area contributed by atoms with Gasteiger partial charge in [0.25, 0.3) is 0 Å². The first-order valence-corrected chi connectivity index (χ1v) is 13.1. The molecule has 2 aromatic rings. The molecular formula is C28H29N3O5S. The van der Waals surface area contributed by atoms with Gasteiger partial charge in [-0.3, -0.25) is 4.79 Å². The number of rotatable bonds is 7. The lowest BCUT2D eigenvalue weighted by Gasteiger charge is -2.37. The van der Waals surface area contributed by atoms with Gasteiger partial charge in [-0.2, -0.15) is 0 Å². The summed E-state index contributed by atoms with van der Waals surface area (Å²) in [5.41, 5.74) is 4.82. The number of carbonyl (C=O) groups is 2. The fourth-order valence-corrected chi connectivity index (χ4v) is 5.54. The number of fused-ring (bicyclic) bond motifs is 2. The number of esters is 1. The lowest BCUT2D eigenvalue weighted by Crippen LogP contribution is -2.38. The highest BCUT2D eigenvalue weighted by Crippen LogP contribution is 2.45. The quantitative estimate of drug-likeness (QED) is 0.518. The second kappa shape index (κ2) is 10.3. The minimum absolute atomic E-state index is 0.133. The summed E-state index contributed by atoms with van der Waals surface area (Å²) in [6.07, 6.45) is -0.120. The van der Waals surface area contributed by atoms with E-state index < -0.39 is 12.0 Å². The Morgan fingerprint density at radius 1 is 1.16 bits per heavy atom. The molecule has 0 fully saturated rings. The van der Waals surface area contributed by atoms with Crippen molar-refractivity contribution in [3.63, 3.8) is 0 Å². The lowest BCUT2D eigenvalue weighted by molar-refractivity contribution is -0.143. The number of nitrogens with zero attached hydrogens (tertiary/aromatic N) is 2. The van der Waals surface area contributed by atoms with Crippen molar-refractivity contribution in [1.29, 1.82) is 0 Å². The van der Waals surface area contributed by atoms with Crippen molar-refractivity contribution in [2.45, 2.75) is 52.8 Å². The molecule has 8 nitrogen and oxygen atoms in total. The maximum atomic E-state index is 13.3. The van der Waals surface area contributed by atoms with Gasteiger partial charge in [0.1, 0.15) is 0 Å². The molecule has 3 aliphatic heterocycles. The van der Waals surface area contributed by atoms with Crippen molar-refractivity contribution in [3.05, 3.63) is 81.5 Å². The zero-order valence-corrected chi connectivity index (χ0v) is 22.1. The number of allylic oxidation sites excluding steroid dienone is 1. The first-order chi connectivity index (χ1) is 17.8. The van der Waals surface area contributed by atoms with Crippen molar-refractivity contribution >= 4 is 28.8 Å². The molecule has 192 valence electrons. The van der Waals surface area contributed by atoms with Gasteiger partial charge >= 0.3 is 5.97 Å². The number of aliphatic imine (C=N–C) groups is 1. The number of ether oxygens (including phenoxy) is 3. The van der Waals surface area contributed by atoms with Gasteiger partial charge in [0.15, 0.2) is 16.7 Å². The SMILES string of the molecule is CC1=C(C(=O)OC(C)C)[C@H](c2ccccc2C)N2C(CC(=O)NCc3ccc4c(c3)OCO4)=CSC2=N1. The average Bonchev–Trinajstić information content (AvgIpc) is 3.48. The average molecular weight is 520 g/mol. The predicted octanol–water partition coefficient (Wildman–Crippen LogP) is 4.96. The second-order valence-corrected chi connectivity index (χ2v) is 10.2. The van der Waals surface area contributed by atoms with Crippen molar-refractivity contribution in [2.24, 2.45) is 4.99 Å². The van der Waals surface area contributed by atoms with E-state index in [1.54, 1.807) is 0 Å². The van der Waals surface area contributed by atoms with Gasteiger partial charge in [0, 0.05) is 12.2 Å². The number of carbonyl (C=O) groups excluding carboxylic acids is 2. The summed E-state index contributed by atoms with van der Waals surface area (Å²) in [5.74, 6) is 0.858. The number of thioether (sulfide) groups is 1. The molecule has 9 heteroatoms. The van der Waals surface area contributed by atoms with Gasteiger partial charge in [-0.1, -0.05) is 42.1 Å². The zero-order chi connectivity index (χ0) is 26.1. The van der Waals surface area contributed by atoms with Crippen LogP contribution in [0.4, 0.5) is 0 Å². The first-order valence-electron chi connectivity index (χ1n) is 12.2. The molecule has 2 aromatic carbocycles. The summed E-state index contributed by atoms with van der Waals surface area (Å²) >= 11 is 1.46. The monoisotopic (exact) mass is 519 g/mol. The number of amidine groups is 1. The molecule has 3 aliphatic rings. The molecule has 0 aliphatic carbocycles. The molecular weight excluding hydrogens is 490 g/mol. The molecule has 0 saturated heterocycles. The second-order valence-electron chi connectivity index (χ2n) is 9.34. The van der Waals surface area contributed by atoms with Crippen LogP contribution in [-0.4, -0.2) is 34.8 Å². The Bertz CT molecular complexity index is 1350. The van der Waals surface area contributed by atoms with Crippen LogP contribution in [0, 0.1) is 6.92 Å². The summed E-state index contributed by atoms with van der Waals surface area (Å²) in [6, 6.07) is 13.1. The Morgan fingerprint density at radius 2 is 1.95 bits per heavy atom. The first kappa shape index (κ1) is 25.0. The highest BCUT2D eigenvalue weighted by atomic mass is 32.2. The summed E-state index contributed by atoms with van der Waals surface area (Å²) in [5, 5.41) is 5.67. The molecule has 0 radical (unpaired) electrons. The summed E-state index contributed by atoms with van der Waals surface area (Å²) in [6.45, 7) is 8.09. The third-order valence-electron chi connectivity index (χ3n) is 6.31. The van der Waals surface area contributed by atoms with E-state index in [9.17, 15) is 9.59 Å². The van der Waals surface area contributed by atoms with Gasteiger partial charge in [0.2, 0.25) is 12.7 Å². The largest absolute Gasteiger partial charge is 0.459 e. The van der Waals surface area contributed by atoms with Crippen LogP contribution >= 0.6 is 11.8 Å². The molecule has 0 spiro atoms. The van der Waals surface area contributed by atoms with E-state index in [4.69, 9.17) is 19.2 Å². The van der Waals surface area contributed by atoms with Gasteiger partial charge in [0.05, 0.1) is 29.8 Å². The van der Waals surface area contributed by atoms with E-state index >= 15 is 0 Å². The minimum atomic E-state index is -0.442. The maximum absolute atomic E-state index is 13.3. The highest BCUT2D eigenvalue weighted by Gasteiger charge is 2.41. The smallest absolute Gasteiger partial charge is 0.338 e. The topological polar surface area (TPSA) is 89.5 Å². The van der Waals surface area contributed by atoms with Gasteiger partial charge < -0.3 is 24.4 Å². The number of nitrogens with one attached hydrogen (secondary N) is 1. The van der Waals surface area contributed by atoms with Gasteiger partial charge in [-0.15, -0.1) is 0 Å². The number of benzene rings is 2. The van der Waals surface area contributed by atoms with Crippen LogP contribution in [0.2, 0.25) is 0 Å². The molecule has 0 aromatic heterocycles. The van der Waals surface area contributed by atoms with E-state index in [-0.39, 0.29) is 25.2 Å². The summed E-state index contributed by atoms with van der Waals surface area (Å²) in [4.78, 5) is 33.0. The standard InChI is InChI=1S/C28H29N3O5S/c1-16(2)36-27(33)25-18(4)30-28-31(26(25)21-8-6-5-7-17(21)3)20(14-37-28)12-24(32)29-13-19-9-10-22-23(11-19)35-15-34-22/h5-11,14,16,26H,12-13,15H2,1-4H3,(H,29,32)/t26-/m0/s1. The van der Waals surface area contributed by atoms with E-state index in [1.807, 2.05) is 80.5 Å². The summed E-state index contributed by atoms with van der Waals surface area (Å²) < 4.78 is 16.4. The Labute approximate surface area is 220 Å². The number of aryl methyl sites for hydroxylation is 1. The van der Waals surface area contributed by atoms with Crippen LogP contribution in [-0.2, 0) is 20.9 Å². The minimum Gasteiger partial charge on any atom is -0.459 e. The Hall–Kier alpha value is -3.72. The van der Waals surface area contributed by atoms with Gasteiger partial charge in [-0.05, 0) is 61.9 Å². The Balaban J connectivity index is 1.38. The molecule has 37 heavy (non-hydrogen) atoms. The van der Waals surface area contributed by atoms with Crippen LogP contribution in [0.5, 0.6) is 11.5 Å². The fourth-order valence-electron chi connectivity index (χ4n) is 4.57. The van der Waals surface area contributed by atoms with E-state index in [0.29, 0.717) is 29.3 Å². The highest BCUT2D eigenvalue weighted by molar-refractivity contribution is 8.16. The molecule has 1 N–H and O–H groups in total. The predicted molar refractivity (Wildman–Crippen MR) is 142 cm³/mol. The number of hydrogen-bond acceptors (Lipinski definition) is 8. The third kappa shape index (κ3) is 5.09. The van der Waals surface area contributed by atoms with Crippen molar-refractivity contribution in [3.8, 4) is 11.5 Å². The number of hydrogen-bond donors (Lipinski definition) is 1. The van der Waals surface area contributed by atoms with E-state index in [2.05, 4.69) is 5.32 Å². The lowest BCUT2D eigenvalue weighted by atomic mass is 9.91. The van der Waals surface area contributed by atoms with Crippen molar-refractivity contribution < 1.29 is 23.8 Å². The molecule has 1 amide bonds. The van der Waals surface area contributed by atoms with E-state index in [0.717, 1.165) is 27.6 Å². The molecule has 0 unspecified atom stereocenters. The Kier molecular flexibility index (Phi) is 6.97. The van der Waals surface area contributed by atoms with Crippen LogP contribution in [0.1, 0.15) is 49.9 Å². The van der Waals surface area contributed by atoms with E-state index in [1.165, 1.54) is 11.8 Å². The zero-order valence-electron chi connectivity index (χ0n) is 21.2. The fraction of sp³-hybridized carbons (Fsp3) is 0.321.